The quantitative estimate of drug-likeness (QED) is 0.288. The number of esters is 1. The number of carbonyl (C=O) groups is 2. The average molecular weight is 502 g/mol. The zero-order valence-corrected chi connectivity index (χ0v) is 21.1. The fourth-order valence-corrected chi connectivity index (χ4v) is 5.01. The van der Waals surface area contributed by atoms with E-state index < -0.39 is 5.97 Å². The molecule has 1 saturated heterocycles. The molecule has 2 fully saturated rings. The Labute approximate surface area is 216 Å². The van der Waals surface area contributed by atoms with Crippen molar-refractivity contribution in [1.82, 2.24) is 0 Å². The van der Waals surface area contributed by atoms with Gasteiger partial charge in [-0.15, -0.1) is 0 Å². The molecule has 0 aromatic heterocycles. The topological polar surface area (TPSA) is 74.3 Å². The molecule has 3 aromatic carbocycles. The van der Waals surface area contributed by atoms with Crippen molar-refractivity contribution in [2.24, 2.45) is 0 Å². The van der Waals surface area contributed by atoms with E-state index in [2.05, 4.69) is 0 Å². The van der Waals surface area contributed by atoms with Gasteiger partial charge in [-0.3, -0.25) is 4.79 Å². The number of anilines is 1. The van der Waals surface area contributed by atoms with Gasteiger partial charge in [-0.05, 0) is 79.8 Å². The summed E-state index contributed by atoms with van der Waals surface area (Å²) in [4.78, 5) is 27.3. The van der Waals surface area contributed by atoms with Crippen LogP contribution >= 0.6 is 0 Å². The van der Waals surface area contributed by atoms with E-state index in [0.717, 1.165) is 24.2 Å². The van der Waals surface area contributed by atoms with Gasteiger partial charge in [-0.25, -0.2) is 4.79 Å². The third-order valence-electron chi connectivity index (χ3n) is 7.05. The summed E-state index contributed by atoms with van der Waals surface area (Å²) >= 11 is 0. The Morgan fingerprint density at radius 1 is 0.865 bits per heavy atom. The number of methoxy groups -OCH3 is 2. The Morgan fingerprint density at radius 3 is 2.38 bits per heavy atom. The Bertz CT molecular complexity index is 1270. The molecule has 1 atom stereocenters. The molecule has 7 heteroatoms. The van der Waals surface area contributed by atoms with E-state index in [-0.39, 0.29) is 17.9 Å². The molecule has 1 aliphatic carbocycles. The van der Waals surface area contributed by atoms with Gasteiger partial charge in [0.2, 0.25) is 5.91 Å². The van der Waals surface area contributed by atoms with Gasteiger partial charge < -0.3 is 23.8 Å². The molecule has 2 aliphatic rings. The monoisotopic (exact) mass is 501 g/mol. The molecule has 5 rings (SSSR count). The van der Waals surface area contributed by atoms with E-state index in [9.17, 15) is 9.59 Å². The summed E-state index contributed by atoms with van der Waals surface area (Å²) in [5.41, 5.74) is 2.16. The normalized spacial score (nSPS) is 17.6. The van der Waals surface area contributed by atoms with Gasteiger partial charge in [0.25, 0.3) is 0 Å². The Kier molecular flexibility index (Phi) is 7.30. The minimum Gasteiger partial charge on any atom is -0.497 e. The van der Waals surface area contributed by atoms with Gasteiger partial charge >= 0.3 is 5.97 Å². The summed E-state index contributed by atoms with van der Waals surface area (Å²) in [6.07, 6.45) is 5.10. The lowest BCUT2D eigenvalue weighted by atomic mass is 9.98. The average Bonchev–Trinajstić information content (AvgIpc) is 3.58. The van der Waals surface area contributed by atoms with Crippen molar-refractivity contribution >= 4 is 17.6 Å². The molecule has 0 N–H and O–H groups in total. The molecule has 0 bridgehead atoms. The molecule has 1 aliphatic heterocycles. The SMILES string of the molecule is COc1ccc(C(=O)Oc2cccc(N3CC(c4ccc(OC)c(OC5CCCC5)c4)CC3=O)c2)cc1. The molecule has 1 amide bonds. The highest BCUT2D eigenvalue weighted by Crippen LogP contribution is 2.38. The van der Waals surface area contributed by atoms with Crippen molar-refractivity contribution in [3.63, 3.8) is 0 Å². The van der Waals surface area contributed by atoms with Crippen molar-refractivity contribution < 1.29 is 28.5 Å². The summed E-state index contributed by atoms with van der Waals surface area (Å²) in [5.74, 6) is 2.07. The molecule has 3 aromatic rings. The lowest BCUT2D eigenvalue weighted by Crippen LogP contribution is -2.24. The number of ether oxygens (including phenoxy) is 4. The van der Waals surface area contributed by atoms with Crippen LogP contribution in [0.1, 0.15) is 53.9 Å². The minimum atomic E-state index is -0.474. The van der Waals surface area contributed by atoms with Crippen molar-refractivity contribution in [3.05, 3.63) is 77.9 Å². The van der Waals surface area contributed by atoms with E-state index in [1.165, 1.54) is 12.8 Å². The zero-order valence-electron chi connectivity index (χ0n) is 21.1. The molecule has 1 unspecified atom stereocenters. The van der Waals surface area contributed by atoms with Crippen LogP contribution in [0.4, 0.5) is 5.69 Å². The standard InChI is InChI=1S/C30H31NO6/c1-34-24-13-10-20(11-14-24)30(33)37-26-9-5-6-23(18-26)31-19-22(17-29(31)32)21-12-15-27(35-2)28(16-21)36-25-7-3-4-8-25/h5-6,9-16,18,22,25H,3-4,7-8,17,19H2,1-2H3. The fourth-order valence-electron chi connectivity index (χ4n) is 5.01. The second-order valence-electron chi connectivity index (χ2n) is 9.46. The van der Waals surface area contributed by atoms with Gasteiger partial charge in [-0.2, -0.15) is 0 Å². The summed E-state index contributed by atoms with van der Waals surface area (Å²) in [7, 11) is 3.21. The maximum atomic E-state index is 13.0. The fraction of sp³-hybridized carbons (Fsp3) is 0.333. The Balaban J connectivity index is 1.29. The van der Waals surface area contributed by atoms with Crippen LogP contribution < -0.4 is 23.8 Å². The maximum absolute atomic E-state index is 13.0. The number of nitrogens with zero attached hydrogens (tertiary/aromatic N) is 1. The summed E-state index contributed by atoms with van der Waals surface area (Å²) < 4.78 is 22.5. The number of rotatable bonds is 8. The van der Waals surface area contributed by atoms with E-state index in [4.69, 9.17) is 18.9 Å². The first-order valence-electron chi connectivity index (χ1n) is 12.7. The van der Waals surface area contributed by atoms with E-state index >= 15 is 0 Å². The molecule has 192 valence electrons. The van der Waals surface area contributed by atoms with E-state index in [1.807, 2.05) is 24.3 Å². The van der Waals surface area contributed by atoms with Crippen molar-refractivity contribution in [2.75, 3.05) is 25.7 Å². The highest BCUT2D eigenvalue weighted by atomic mass is 16.5. The van der Waals surface area contributed by atoms with Gasteiger partial charge in [-0.1, -0.05) is 12.1 Å². The lowest BCUT2D eigenvalue weighted by Gasteiger charge is -2.20. The second kappa shape index (κ2) is 10.9. The summed E-state index contributed by atoms with van der Waals surface area (Å²) in [6.45, 7) is 0.532. The molecule has 37 heavy (non-hydrogen) atoms. The molecule has 1 saturated carbocycles. The minimum absolute atomic E-state index is 0.0230. The number of carbonyl (C=O) groups excluding carboxylic acids is 2. The van der Waals surface area contributed by atoms with Crippen LogP contribution in [0.2, 0.25) is 0 Å². The summed E-state index contributed by atoms with van der Waals surface area (Å²) in [5, 5.41) is 0. The van der Waals surface area contributed by atoms with Crippen LogP contribution in [0.3, 0.4) is 0 Å². The molecular weight excluding hydrogens is 470 g/mol. The van der Waals surface area contributed by atoms with E-state index in [1.54, 1.807) is 61.6 Å². The largest absolute Gasteiger partial charge is 0.497 e. The van der Waals surface area contributed by atoms with Gasteiger partial charge in [0.15, 0.2) is 11.5 Å². The van der Waals surface area contributed by atoms with Gasteiger partial charge in [0.1, 0.15) is 11.5 Å². The van der Waals surface area contributed by atoms with Gasteiger partial charge in [0.05, 0.1) is 25.9 Å². The highest BCUT2D eigenvalue weighted by molar-refractivity contribution is 5.97. The van der Waals surface area contributed by atoms with Crippen LogP contribution in [-0.4, -0.2) is 38.7 Å². The molecule has 0 spiro atoms. The Morgan fingerprint density at radius 2 is 1.65 bits per heavy atom. The molecular formula is C30H31NO6. The third kappa shape index (κ3) is 5.56. The number of hydrogen-bond acceptors (Lipinski definition) is 6. The maximum Gasteiger partial charge on any atom is 0.343 e. The zero-order chi connectivity index (χ0) is 25.8. The highest BCUT2D eigenvalue weighted by Gasteiger charge is 2.32. The first-order valence-corrected chi connectivity index (χ1v) is 12.7. The molecule has 7 nitrogen and oxygen atoms in total. The predicted molar refractivity (Wildman–Crippen MR) is 140 cm³/mol. The second-order valence-corrected chi connectivity index (χ2v) is 9.46. The molecule has 0 radical (unpaired) electrons. The van der Waals surface area contributed by atoms with Crippen molar-refractivity contribution in [2.45, 2.75) is 44.1 Å². The third-order valence-corrected chi connectivity index (χ3v) is 7.05. The van der Waals surface area contributed by atoms with Crippen molar-refractivity contribution in [3.8, 4) is 23.0 Å². The number of amides is 1. The first-order chi connectivity index (χ1) is 18.0. The van der Waals surface area contributed by atoms with Crippen LogP contribution in [-0.2, 0) is 4.79 Å². The number of hydrogen-bond donors (Lipinski definition) is 0. The number of benzene rings is 3. The molecule has 1 heterocycles. The van der Waals surface area contributed by atoms with Crippen molar-refractivity contribution in [1.29, 1.82) is 0 Å². The Hall–Kier alpha value is -4.00. The van der Waals surface area contributed by atoms with Crippen LogP contribution in [0, 0.1) is 0 Å². The smallest absolute Gasteiger partial charge is 0.343 e. The van der Waals surface area contributed by atoms with E-state index in [0.29, 0.717) is 41.5 Å². The van der Waals surface area contributed by atoms with Crippen LogP contribution in [0.5, 0.6) is 23.0 Å². The van der Waals surface area contributed by atoms with Crippen LogP contribution in [0.25, 0.3) is 0 Å². The van der Waals surface area contributed by atoms with Crippen LogP contribution in [0.15, 0.2) is 66.7 Å². The summed E-state index contributed by atoms with van der Waals surface area (Å²) in [6, 6.07) is 19.7. The predicted octanol–water partition coefficient (Wildman–Crippen LogP) is 5.76. The lowest BCUT2D eigenvalue weighted by molar-refractivity contribution is -0.117. The first kappa shape index (κ1) is 24.7. The van der Waals surface area contributed by atoms with Gasteiger partial charge in [0, 0.05) is 30.6 Å².